The second-order valence-corrected chi connectivity index (χ2v) is 9.62. The molecule has 9 heteroatoms. The van der Waals surface area contributed by atoms with Crippen molar-refractivity contribution < 1.29 is 14.0 Å². The molecule has 3 N–H and O–H groups in total. The molecule has 4 aromatic rings. The van der Waals surface area contributed by atoms with E-state index in [2.05, 4.69) is 37.7 Å². The molecule has 1 aliphatic heterocycles. The number of nitrogens with one attached hydrogen (secondary N) is 3. The van der Waals surface area contributed by atoms with Crippen LogP contribution < -0.4 is 15.5 Å². The lowest BCUT2D eigenvalue weighted by Gasteiger charge is -2.36. The molecular weight excluding hydrogens is 480 g/mol. The van der Waals surface area contributed by atoms with Gasteiger partial charge in [-0.05, 0) is 80.8 Å². The number of carbonyl (C=O) groups excluding carboxylic acids is 2. The third-order valence-corrected chi connectivity index (χ3v) is 7.09. The number of fused-ring (bicyclic) bond motifs is 2. The van der Waals surface area contributed by atoms with Crippen molar-refractivity contribution in [2.45, 2.75) is 26.2 Å². The molecular formula is C29H32N6O3. The van der Waals surface area contributed by atoms with Crippen molar-refractivity contribution in [3.8, 4) is 6.07 Å². The Morgan fingerprint density at radius 1 is 1.08 bits per heavy atom. The number of nitrogens with zero attached hydrogens (tertiary/aromatic N) is 3. The van der Waals surface area contributed by atoms with Crippen LogP contribution in [-0.2, 0) is 6.42 Å². The first kappa shape index (κ1) is 25.4. The third kappa shape index (κ3) is 5.66. The van der Waals surface area contributed by atoms with Crippen molar-refractivity contribution in [2.24, 2.45) is 0 Å². The number of aromatic amines is 1. The fourth-order valence-corrected chi connectivity index (χ4v) is 5.04. The molecule has 0 spiro atoms. The van der Waals surface area contributed by atoms with Crippen LogP contribution in [0.15, 0.2) is 53.1 Å². The Hall–Kier alpha value is -4.29. The van der Waals surface area contributed by atoms with Crippen molar-refractivity contribution in [1.29, 1.82) is 5.26 Å². The highest BCUT2D eigenvalue weighted by Gasteiger charge is 2.19. The molecule has 2 aromatic heterocycles. The summed E-state index contributed by atoms with van der Waals surface area (Å²) in [7, 11) is 0. The first-order valence-electron chi connectivity index (χ1n) is 13.1. The fourth-order valence-electron chi connectivity index (χ4n) is 5.04. The smallest absolute Gasteiger partial charge is 0.321 e. The monoisotopic (exact) mass is 512 g/mol. The van der Waals surface area contributed by atoms with E-state index in [4.69, 9.17) is 4.42 Å². The lowest BCUT2D eigenvalue weighted by Crippen LogP contribution is -2.46. The molecule has 3 amide bonds. The summed E-state index contributed by atoms with van der Waals surface area (Å²) in [5.74, 6) is -0.440. The van der Waals surface area contributed by atoms with Gasteiger partial charge in [0, 0.05) is 60.9 Å². The number of hydrogen-bond acceptors (Lipinski definition) is 6. The number of piperazine rings is 1. The highest BCUT2D eigenvalue weighted by atomic mass is 16.3. The van der Waals surface area contributed by atoms with E-state index < -0.39 is 11.9 Å². The molecule has 1 aliphatic rings. The van der Waals surface area contributed by atoms with Gasteiger partial charge in [0.15, 0.2) is 5.76 Å². The van der Waals surface area contributed by atoms with Gasteiger partial charge in [-0.3, -0.25) is 15.0 Å². The topological polar surface area (TPSA) is 117 Å². The van der Waals surface area contributed by atoms with Crippen LogP contribution in [0, 0.1) is 11.3 Å². The zero-order chi connectivity index (χ0) is 26.5. The first-order valence-corrected chi connectivity index (χ1v) is 13.1. The minimum atomic E-state index is -0.557. The van der Waals surface area contributed by atoms with Gasteiger partial charge in [0.1, 0.15) is 5.58 Å². The van der Waals surface area contributed by atoms with Crippen LogP contribution in [0.25, 0.3) is 21.9 Å². The number of anilines is 1. The van der Waals surface area contributed by atoms with Crippen LogP contribution in [0.1, 0.15) is 41.4 Å². The van der Waals surface area contributed by atoms with E-state index in [-0.39, 0.29) is 5.76 Å². The number of aromatic nitrogens is 1. The number of carbonyl (C=O) groups is 2. The van der Waals surface area contributed by atoms with Crippen molar-refractivity contribution in [3.05, 3.63) is 65.5 Å². The first-order chi connectivity index (χ1) is 18.5. The van der Waals surface area contributed by atoms with E-state index >= 15 is 0 Å². The van der Waals surface area contributed by atoms with E-state index in [1.807, 2.05) is 36.4 Å². The maximum absolute atomic E-state index is 12.3. The molecule has 0 aliphatic carbocycles. The van der Waals surface area contributed by atoms with Gasteiger partial charge in [0.25, 0.3) is 5.91 Å². The van der Waals surface area contributed by atoms with E-state index in [9.17, 15) is 14.9 Å². The molecule has 9 nitrogen and oxygen atoms in total. The number of rotatable bonds is 8. The van der Waals surface area contributed by atoms with Gasteiger partial charge in [0.05, 0.1) is 11.6 Å². The lowest BCUT2D eigenvalue weighted by atomic mass is 10.1. The van der Waals surface area contributed by atoms with Gasteiger partial charge >= 0.3 is 6.03 Å². The Labute approximate surface area is 221 Å². The number of unbranched alkanes of at least 4 members (excludes halogenated alkanes) is 1. The predicted molar refractivity (Wildman–Crippen MR) is 147 cm³/mol. The molecule has 2 aromatic carbocycles. The molecule has 38 heavy (non-hydrogen) atoms. The molecule has 5 rings (SSSR count). The van der Waals surface area contributed by atoms with Crippen LogP contribution >= 0.6 is 0 Å². The minimum Gasteiger partial charge on any atom is -0.451 e. The summed E-state index contributed by atoms with van der Waals surface area (Å²) in [6.45, 7) is 7.17. The highest BCUT2D eigenvalue weighted by molar-refractivity contribution is 6.04. The summed E-state index contributed by atoms with van der Waals surface area (Å²) in [6, 6.07) is 15.1. The molecule has 3 heterocycles. The van der Waals surface area contributed by atoms with Gasteiger partial charge in [0.2, 0.25) is 0 Å². The highest BCUT2D eigenvalue weighted by Crippen LogP contribution is 2.26. The number of furan rings is 1. The molecule has 0 radical (unpaired) electrons. The fraction of sp³-hybridized carbons (Fsp3) is 0.345. The van der Waals surface area contributed by atoms with Gasteiger partial charge in [-0.2, -0.15) is 5.26 Å². The van der Waals surface area contributed by atoms with Crippen LogP contribution in [0.5, 0.6) is 0 Å². The number of benzene rings is 2. The van der Waals surface area contributed by atoms with Crippen molar-refractivity contribution in [2.75, 3.05) is 44.2 Å². The SMILES string of the molecule is CCNC(=O)NC(=O)c1cc2cc(N3CCN(CCCCc4c[nH]c5ccc(C#N)cc45)CC3)ccc2o1. The molecule has 0 saturated carbocycles. The van der Waals surface area contributed by atoms with E-state index in [0.29, 0.717) is 17.7 Å². The normalized spacial score (nSPS) is 14.1. The Kier molecular flexibility index (Phi) is 7.61. The van der Waals surface area contributed by atoms with Crippen LogP contribution in [-0.4, -0.2) is 61.1 Å². The number of aryl methyl sites for hydroxylation is 1. The summed E-state index contributed by atoms with van der Waals surface area (Å²) < 4.78 is 5.65. The number of H-pyrrole nitrogens is 1. The maximum Gasteiger partial charge on any atom is 0.321 e. The molecule has 1 saturated heterocycles. The average Bonchev–Trinajstić information content (AvgIpc) is 3.55. The molecule has 196 valence electrons. The van der Waals surface area contributed by atoms with Gasteiger partial charge in [-0.25, -0.2) is 4.79 Å². The average molecular weight is 513 g/mol. The zero-order valence-electron chi connectivity index (χ0n) is 21.5. The van der Waals surface area contributed by atoms with Crippen molar-refractivity contribution >= 4 is 39.5 Å². The van der Waals surface area contributed by atoms with Crippen LogP contribution in [0.2, 0.25) is 0 Å². The lowest BCUT2D eigenvalue weighted by molar-refractivity contribution is 0.0939. The summed E-state index contributed by atoms with van der Waals surface area (Å²) >= 11 is 0. The second kappa shape index (κ2) is 11.4. The number of urea groups is 1. The number of nitriles is 1. The number of hydrogen-bond donors (Lipinski definition) is 3. The second-order valence-electron chi connectivity index (χ2n) is 9.62. The Bertz CT molecular complexity index is 1490. The number of imide groups is 1. The third-order valence-electron chi connectivity index (χ3n) is 7.09. The van der Waals surface area contributed by atoms with E-state index in [0.717, 1.165) is 74.0 Å². The summed E-state index contributed by atoms with van der Waals surface area (Å²) in [6.07, 6.45) is 5.31. The number of amides is 3. The summed E-state index contributed by atoms with van der Waals surface area (Å²) in [5.41, 5.74) is 4.78. The molecule has 0 unspecified atom stereocenters. The Morgan fingerprint density at radius 3 is 2.71 bits per heavy atom. The Morgan fingerprint density at radius 2 is 1.92 bits per heavy atom. The Balaban J connectivity index is 1.10. The van der Waals surface area contributed by atoms with Gasteiger partial charge in [-0.1, -0.05) is 0 Å². The quantitative estimate of drug-likeness (QED) is 0.302. The summed E-state index contributed by atoms with van der Waals surface area (Å²) in [5, 5.41) is 16.0. The maximum atomic E-state index is 12.3. The minimum absolute atomic E-state index is 0.117. The van der Waals surface area contributed by atoms with Gasteiger partial charge in [-0.15, -0.1) is 0 Å². The van der Waals surface area contributed by atoms with Crippen molar-refractivity contribution in [3.63, 3.8) is 0 Å². The summed E-state index contributed by atoms with van der Waals surface area (Å²) in [4.78, 5) is 32.1. The van der Waals surface area contributed by atoms with Crippen molar-refractivity contribution in [1.82, 2.24) is 20.5 Å². The van der Waals surface area contributed by atoms with E-state index in [1.54, 1.807) is 13.0 Å². The van der Waals surface area contributed by atoms with E-state index in [1.165, 1.54) is 5.56 Å². The molecule has 0 bridgehead atoms. The largest absolute Gasteiger partial charge is 0.451 e. The van der Waals surface area contributed by atoms with Gasteiger partial charge < -0.3 is 19.6 Å². The van der Waals surface area contributed by atoms with Crippen LogP contribution in [0.3, 0.4) is 0 Å². The standard InChI is InChI=1S/C29H32N6O3/c1-2-31-29(37)33-28(36)27-17-22-16-23(7-9-26(22)38-27)35-13-11-34(12-14-35)10-4-3-5-21-19-32-25-8-6-20(18-30)15-24(21)25/h6-9,15-17,19,32H,2-5,10-14H2,1H3,(H2,31,33,36,37). The molecule has 1 fully saturated rings. The van der Waals surface area contributed by atoms with Crippen LogP contribution in [0.4, 0.5) is 10.5 Å². The zero-order valence-corrected chi connectivity index (χ0v) is 21.5. The molecule has 0 atom stereocenters. The predicted octanol–water partition coefficient (Wildman–Crippen LogP) is 4.39.